The molecule has 4 aromatic heterocycles. The molecule has 62 heavy (non-hydrogen) atoms. The number of fused-ring (bicyclic) bond motifs is 3. The summed E-state index contributed by atoms with van der Waals surface area (Å²) in [6.45, 7) is 12.9. The molecule has 0 saturated carbocycles. The van der Waals surface area contributed by atoms with Crippen molar-refractivity contribution < 1.29 is 23.9 Å². The number of hydrogen-bond acceptors (Lipinski definition) is 12. The molecule has 4 amide bonds. The van der Waals surface area contributed by atoms with E-state index in [0.29, 0.717) is 76.4 Å². The second kappa shape index (κ2) is 16.8. The quantitative estimate of drug-likeness (QED) is 0.0815. The number of methoxy groups -OCH3 is 1. The lowest BCUT2D eigenvalue weighted by molar-refractivity contribution is 0.0992. The summed E-state index contributed by atoms with van der Waals surface area (Å²) in [5.74, 6) is -0.330. The number of carbonyl (C=O) groups excluding carboxylic acids is 4. The number of nitrogens with one attached hydrogen (secondary N) is 3. The molecular weight excluding hydrogens is 795 g/mol. The van der Waals surface area contributed by atoms with Crippen LogP contribution in [0.3, 0.4) is 0 Å². The number of carbonyl (C=O) groups is 4. The summed E-state index contributed by atoms with van der Waals surface area (Å²) in [6, 6.07) is 8.23. The first-order valence-electron chi connectivity index (χ1n) is 20.6. The van der Waals surface area contributed by atoms with Crippen molar-refractivity contribution in [1.29, 1.82) is 0 Å². The largest absolute Gasteiger partial charge is 0.494 e. The average Bonchev–Trinajstić information content (AvgIpc) is 4.09. The minimum absolute atomic E-state index is 0.188. The molecule has 2 aliphatic rings. The first kappa shape index (κ1) is 41.7. The normalized spacial score (nSPS) is 16.5. The second-order valence-electron chi connectivity index (χ2n) is 15.8. The Morgan fingerprint density at radius 3 is 1.98 bits per heavy atom. The molecule has 0 unspecified atom stereocenters. The van der Waals surface area contributed by atoms with Crippen molar-refractivity contribution in [2.45, 2.75) is 60.4 Å². The Morgan fingerprint density at radius 2 is 1.39 bits per heavy atom. The van der Waals surface area contributed by atoms with Crippen LogP contribution in [0.5, 0.6) is 5.75 Å². The van der Waals surface area contributed by atoms with Gasteiger partial charge in [-0.3, -0.25) is 44.1 Å². The first-order chi connectivity index (χ1) is 29.8. The topological polar surface area (TPSA) is 266 Å². The van der Waals surface area contributed by atoms with E-state index in [1.807, 2.05) is 43.6 Å². The summed E-state index contributed by atoms with van der Waals surface area (Å²) < 4.78 is 12.5. The molecule has 2 saturated heterocycles. The summed E-state index contributed by atoms with van der Waals surface area (Å²) in [7, 11) is 1.47. The van der Waals surface area contributed by atoms with Crippen molar-refractivity contribution in [3.05, 3.63) is 81.9 Å². The fraction of sp³-hybridized carbons (Fsp3) is 0.381. The van der Waals surface area contributed by atoms with Crippen molar-refractivity contribution in [3.8, 4) is 5.75 Å². The Kier molecular flexibility index (Phi) is 11.3. The fourth-order valence-corrected chi connectivity index (χ4v) is 8.73. The van der Waals surface area contributed by atoms with Gasteiger partial charge >= 0.3 is 0 Å². The Labute approximate surface area is 356 Å². The van der Waals surface area contributed by atoms with Gasteiger partial charge in [0.1, 0.15) is 22.7 Å². The third-order valence-electron chi connectivity index (χ3n) is 11.7. The van der Waals surface area contributed by atoms with Crippen LogP contribution < -0.4 is 37.9 Å². The predicted molar refractivity (Wildman–Crippen MR) is 233 cm³/mol. The van der Waals surface area contributed by atoms with E-state index in [9.17, 15) is 19.2 Å². The van der Waals surface area contributed by atoms with Crippen molar-refractivity contribution >= 4 is 63.3 Å². The number of rotatable bonds is 15. The van der Waals surface area contributed by atoms with Gasteiger partial charge in [-0.2, -0.15) is 10.2 Å². The van der Waals surface area contributed by atoms with Gasteiger partial charge in [0.25, 0.3) is 11.8 Å². The van der Waals surface area contributed by atoms with Gasteiger partial charge in [0.05, 0.1) is 40.7 Å². The van der Waals surface area contributed by atoms with Crippen LogP contribution in [0, 0.1) is 25.7 Å². The minimum atomic E-state index is -0.660. The monoisotopic (exact) mass is 845 g/mol. The zero-order chi connectivity index (χ0) is 44.0. The van der Waals surface area contributed by atoms with Gasteiger partial charge in [-0.15, -0.1) is 0 Å². The Bertz CT molecular complexity index is 2780. The van der Waals surface area contributed by atoms with Crippen LogP contribution >= 0.6 is 0 Å². The number of ether oxygens (including phenoxy) is 1. The molecule has 0 radical (unpaired) electrons. The second-order valence-corrected chi connectivity index (χ2v) is 15.8. The van der Waals surface area contributed by atoms with Crippen LogP contribution in [-0.4, -0.2) is 100 Å². The number of likely N-dealkylation sites (tertiary alicyclic amines) is 1. The number of imidazole rings is 2. The molecule has 2 atom stereocenters. The van der Waals surface area contributed by atoms with Crippen LogP contribution in [0.15, 0.2) is 42.5 Å². The molecule has 0 bridgehead atoms. The molecule has 2 aliphatic heterocycles. The van der Waals surface area contributed by atoms with E-state index in [0.717, 1.165) is 37.3 Å². The minimum Gasteiger partial charge on any atom is -0.494 e. The number of hydrogen-bond donors (Lipinski definition) is 6. The number of anilines is 3. The number of nitrogens with zero attached hydrogens (tertiary/aromatic N) is 9. The van der Waals surface area contributed by atoms with E-state index in [2.05, 4.69) is 31.0 Å². The lowest BCUT2D eigenvalue weighted by atomic mass is 10.0. The highest BCUT2D eigenvalue weighted by atomic mass is 16.5. The van der Waals surface area contributed by atoms with Gasteiger partial charge in [0, 0.05) is 56.9 Å². The van der Waals surface area contributed by atoms with Crippen LogP contribution in [0.25, 0.3) is 22.1 Å². The molecule has 6 heterocycles. The van der Waals surface area contributed by atoms with Crippen LogP contribution in [0.4, 0.5) is 17.6 Å². The fourth-order valence-electron chi connectivity index (χ4n) is 8.73. The molecule has 8 rings (SSSR count). The van der Waals surface area contributed by atoms with Crippen molar-refractivity contribution in [3.63, 3.8) is 0 Å². The third kappa shape index (κ3) is 7.73. The van der Waals surface area contributed by atoms with E-state index in [-0.39, 0.29) is 41.9 Å². The zero-order valence-corrected chi connectivity index (χ0v) is 35.4. The molecule has 0 aliphatic carbocycles. The molecule has 2 fully saturated rings. The highest BCUT2D eigenvalue weighted by molar-refractivity contribution is 6.07. The Balaban J connectivity index is 1.19. The molecule has 0 spiro atoms. The van der Waals surface area contributed by atoms with Crippen LogP contribution in [0.1, 0.15) is 72.5 Å². The van der Waals surface area contributed by atoms with Gasteiger partial charge in [0.2, 0.25) is 23.7 Å². The number of benzene rings is 2. The molecule has 9 N–H and O–H groups in total. The molecule has 6 aromatic rings. The number of primary amides is 2. The number of allylic oxidation sites excluding steroid dienone is 2. The number of aromatic nitrogens is 8. The third-order valence-corrected chi connectivity index (χ3v) is 11.7. The summed E-state index contributed by atoms with van der Waals surface area (Å²) in [4.78, 5) is 64.6. The van der Waals surface area contributed by atoms with Crippen LogP contribution in [0.2, 0.25) is 0 Å². The number of nitrogen functional groups attached to an aromatic ring is 1. The van der Waals surface area contributed by atoms with Crippen LogP contribution in [-0.2, 0) is 32.7 Å². The summed E-state index contributed by atoms with van der Waals surface area (Å²) in [5, 5.41) is 18.3. The molecule has 324 valence electrons. The Hall–Kier alpha value is -7.06. The SMILES string of the molecule is CCn1nc(C)cc1C(=O)Nc1nc2cc(C(N)=O)cc(OC)c2n1C/C=C/Cn1c(NC(=O)c2c(N)c(C)nn2CC)nc2cc(C(N)=O)cc(CN3C[C@H]4CNC[C@H]4C3)c21. The molecule has 2 aromatic carbocycles. The van der Waals surface area contributed by atoms with E-state index in [1.165, 1.54) is 13.2 Å². The van der Waals surface area contributed by atoms with Crippen molar-refractivity contribution in [1.82, 2.24) is 48.9 Å². The van der Waals surface area contributed by atoms with Crippen molar-refractivity contribution in [2.24, 2.45) is 23.3 Å². The lowest BCUT2D eigenvalue weighted by Crippen LogP contribution is -2.26. The van der Waals surface area contributed by atoms with E-state index in [4.69, 9.17) is 31.9 Å². The average molecular weight is 846 g/mol. The van der Waals surface area contributed by atoms with E-state index in [1.54, 1.807) is 39.1 Å². The molecular formula is C42H51N15O5. The summed E-state index contributed by atoms with van der Waals surface area (Å²) in [5.41, 5.74) is 23.4. The predicted octanol–water partition coefficient (Wildman–Crippen LogP) is 2.64. The van der Waals surface area contributed by atoms with Gasteiger partial charge in [-0.05, 0) is 88.5 Å². The van der Waals surface area contributed by atoms with Gasteiger partial charge in [-0.25, -0.2) is 9.97 Å². The maximum absolute atomic E-state index is 14.0. The smallest absolute Gasteiger partial charge is 0.278 e. The van der Waals surface area contributed by atoms with Gasteiger partial charge in [-0.1, -0.05) is 12.2 Å². The number of amides is 4. The van der Waals surface area contributed by atoms with E-state index >= 15 is 0 Å². The highest BCUT2D eigenvalue weighted by Crippen LogP contribution is 2.33. The maximum atomic E-state index is 14.0. The van der Waals surface area contributed by atoms with Gasteiger partial charge < -0.3 is 36.4 Å². The lowest BCUT2D eigenvalue weighted by Gasteiger charge is -2.19. The zero-order valence-electron chi connectivity index (χ0n) is 35.4. The summed E-state index contributed by atoms with van der Waals surface area (Å²) >= 11 is 0. The number of nitrogens with two attached hydrogens (primary N) is 3. The maximum Gasteiger partial charge on any atom is 0.278 e. The first-order valence-corrected chi connectivity index (χ1v) is 20.6. The van der Waals surface area contributed by atoms with Gasteiger partial charge in [0.15, 0.2) is 0 Å². The Morgan fingerprint density at radius 1 is 0.806 bits per heavy atom. The molecule has 20 nitrogen and oxygen atoms in total. The molecule has 20 heteroatoms. The standard InChI is InChI=1S/C42H51N15O5/c1-6-56-31(12-22(3)51-56)39(60)49-41-48-30-15-25(38(45)59)16-32(62-5)35(30)55(41)11-9-8-10-54-34-26(19-53-20-27-17-46-18-28(27)21-53)13-24(37(44)58)14-29(34)47-42(54)50-40(61)36-33(43)23(4)52-57(36)7-2/h8-9,12-16,27-28,46H,6-7,10-11,17-21,43H2,1-5H3,(H2,44,58)(H2,45,59)(H,47,50,61)(H,48,49,60)/b9-8+/t27-,28+. The van der Waals surface area contributed by atoms with Crippen molar-refractivity contribution in [2.75, 3.05) is 49.7 Å². The number of aryl methyl sites for hydroxylation is 4. The highest BCUT2D eigenvalue weighted by Gasteiger charge is 2.36. The van der Waals surface area contributed by atoms with E-state index < -0.39 is 23.6 Å². The summed E-state index contributed by atoms with van der Waals surface area (Å²) in [6.07, 6.45) is 3.79.